The minimum Gasteiger partial charge on any atom is -0.507 e. The van der Waals surface area contributed by atoms with Crippen LogP contribution < -0.4 is 0 Å². The summed E-state index contributed by atoms with van der Waals surface area (Å²) < 4.78 is 0. The maximum absolute atomic E-state index is 13.5. The van der Waals surface area contributed by atoms with E-state index in [0.717, 1.165) is 37.8 Å². The normalized spacial score (nSPS) is 12.4. The number of nitrogens with zero attached hydrogens (tertiary/aromatic N) is 2. The number of hydrogen-bond acceptors (Lipinski definition) is 8. The van der Waals surface area contributed by atoms with Crippen LogP contribution in [0.5, 0.6) is 11.5 Å². The Labute approximate surface area is 195 Å². The average molecular weight is 470 g/mol. The van der Waals surface area contributed by atoms with Gasteiger partial charge < -0.3 is 10.2 Å². The number of ketones is 2. The van der Waals surface area contributed by atoms with Crippen molar-refractivity contribution in [2.24, 2.45) is 0 Å². The van der Waals surface area contributed by atoms with Crippen LogP contribution in [0.25, 0.3) is 0 Å². The van der Waals surface area contributed by atoms with Gasteiger partial charge in [-0.1, -0.05) is 39.5 Å². The molecule has 10 nitrogen and oxygen atoms in total. The number of carbonyl (C=O) groups is 2. The molecule has 0 radical (unpaired) electrons. The van der Waals surface area contributed by atoms with Gasteiger partial charge in [-0.2, -0.15) is 0 Å². The third kappa shape index (κ3) is 4.23. The van der Waals surface area contributed by atoms with Crippen molar-refractivity contribution in [3.8, 4) is 11.5 Å². The first-order valence-electron chi connectivity index (χ1n) is 11.3. The van der Waals surface area contributed by atoms with Crippen molar-refractivity contribution in [1.82, 2.24) is 0 Å². The molecular weight excluding hydrogens is 444 g/mol. The number of rotatable bonds is 10. The number of hydrogen-bond donors (Lipinski definition) is 2. The van der Waals surface area contributed by atoms with Crippen LogP contribution in [0, 0.1) is 20.2 Å². The highest BCUT2D eigenvalue weighted by atomic mass is 16.6. The van der Waals surface area contributed by atoms with Gasteiger partial charge in [0, 0.05) is 23.3 Å². The Balaban J connectivity index is 2.30. The first kappa shape index (κ1) is 24.8. The molecule has 10 heteroatoms. The van der Waals surface area contributed by atoms with Gasteiger partial charge in [-0.15, -0.1) is 0 Å². The van der Waals surface area contributed by atoms with Crippen LogP contribution in [0.3, 0.4) is 0 Å². The van der Waals surface area contributed by atoms with Gasteiger partial charge in [-0.05, 0) is 25.7 Å². The highest BCUT2D eigenvalue weighted by Crippen LogP contribution is 2.46. The minimum atomic E-state index is -1.14. The molecule has 0 heterocycles. The van der Waals surface area contributed by atoms with Gasteiger partial charge in [-0.3, -0.25) is 29.8 Å². The molecule has 0 unspecified atom stereocenters. The number of carbonyl (C=O) groups excluding carboxylic acids is 2. The van der Waals surface area contributed by atoms with Crippen LogP contribution in [0.2, 0.25) is 0 Å². The predicted molar refractivity (Wildman–Crippen MR) is 123 cm³/mol. The lowest BCUT2D eigenvalue weighted by molar-refractivity contribution is -0.385. The molecule has 0 aliphatic heterocycles. The summed E-state index contributed by atoms with van der Waals surface area (Å²) in [5, 5.41) is 45.3. The average Bonchev–Trinajstić information content (AvgIpc) is 2.78. The van der Waals surface area contributed by atoms with Crippen LogP contribution in [0.4, 0.5) is 11.4 Å². The molecule has 0 saturated carbocycles. The predicted octanol–water partition coefficient (Wildman–Crippen LogP) is 5.16. The number of unbranched alkanes of at least 4 members (excludes halogenated alkanes) is 4. The Kier molecular flexibility index (Phi) is 7.29. The van der Waals surface area contributed by atoms with E-state index in [1.165, 1.54) is 0 Å². The second kappa shape index (κ2) is 9.98. The van der Waals surface area contributed by atoms with Gasteiger partial charge in [0.05, 0.1) is 21.0 Å². The molecule has 0 bridgehead atoms. The Hall–Kier alpha value is -3.82. The van der Waals surface area contributed by atoms with E-state index in [-0.39, 0.29) is 24.0 Å². The van der Waals surface area contributed by atoms with E-state index < -0.39 is 66.5 Å². The van der Waals surface area contributed by atoms with Gasteiger partial charge in [0.1, 0.15) is 22.6 Å². The summed E-state index contributed by atoms with van der Waals surface area (Å²) in [6.07, 6.45) is 4.96. The lowest BCUT2D eigenvalue weighted by atomic mass is 9.79. The molecule has 1 aliphatic carbocycles. The Morgan fingerprint density at radius 1 is 0.676 bits per heavy atom. The van der Waals surface area contributed by atoms with Gasteiger partial charge in [0.25, 0.3) is 11.4 Å². The van der Waals surface area contributed by atoms with Crippen LogP contribution in [0.15, 0.2) is 12.1 Å². The Morgan fingerprint density at radius 3 is 1.35 bits per heavy atom. The molecule has 180 valence electrons. The standard InChI is InChI=1S/C24H26N2O8/c1-3-5-7-9-13-11-15(25(31)32)17-19(21(13)27)24(30)20-18(23(17)29)16(26(33)34)12-14(22(20)28)10-8-6-4-2/h11-12,27-28H,3-10H2,1-2H3. The Morgan fingerprint density at radius 2 is 1.03 bits per heavy atom. The third-order valence-electron chi connectivity index (χ3n) is 6.12. The van der Waals surface area contributed by atoms with Crippen molar-refractivity contribution in [3.05, 3.63) is 65.7 Å². The number of nitro benzene ring substituents is 2. The fourth-order valence-electron chi connectivity index (χ4n) is 4.38. The van der Waals surface area contributed by atoms with Crippen molar-refractivity contribution in [1.29, 1.82) is 0 Å². The largest absolute Gasteiger partial charge is 0.507 e. The van der Waals surface area contributed by atoms with E-state index in [4.69, 9.17) is 0 Å². The first-order chi connectivity index (χ1) is 16.1. The molecule has 0 atom stereocenters. The van der Waals surface area contributed by atoms with E-state index in [2.05, 4.69) is 0 Å². The summed E-state index contributed by atoms with van der Waals surface area (Å²) in [6, 6.07) is 2.09. The smallest absolute Gasteiger partial charge is 0.281 e. The molecule has 0 spiro atoms. The first-order valence-corrected chi connectivity index (χ1v) is 11.3. The molecule has 2 aromatic rings. The van der Waals surface area contributed by atoms with Crippen LogP contribution in [-0.2, 0) is 12.8 Å². The zero-order valence-corrected chi connectivity index (χ0v) is 19.0. The van der Waals surface area contributed by atoms with E-state index >= 15 is 0 Å². The zero-order valence-electron chi connectivity index (χ0n) is 19.0. The molecule has 0 aromatic heterocycles. The SMILES string of the molecule is CCCCCc1cc([N+](=O)[O-])c2c(c1O)C(=O)c1c(O)c(CCCCC)cc([N+](=O)[O-])c1C2=O. The molecule has 2 aromatic carbocycles. The highest BCUT2D eigenvalue weighted by Gasteiger charge is 2.44. The fraction of sp³-hybridized carbons (Fsp3) is 0.417. The lowest BCUT2D eigenvalue weighted by Crippen LogP contribution is -2.25. The van der Waals surface area contributed by atoms with Crippen molar-refractivity contribution in [2.45, 2.75) is 65.2 Å². The van der Waals surface area contributed by atoms with Crippen molar-refractivity contribution >= 4 is 22.9 Å². The summed E-state index contributed by atoms with van der Waals surface area (Å²) >= 11 is 0. The van der Waals surface area contributed by atoms with Crippen LogP contribution in [-0.4, -0.2) is 31.6 Å². The molecule has 34 heavy (non-hydrogen) atoms. The van der Waals surface area contributed by atoms with Crippen LogP contribution >= 0.6 is 0 Å². The van der Waals surface area contributed by atoms with Gasteiger partial charge >= 0.3 is 0 Å². The quantitative estimate of drug-likeness (QED) is 0.233. The monoisotopic (exact) mass is 470 g/mol. The van der Waals surface area contributed by atoms with Crippen molar-refractivity contribution in [2.75, 3.05) is 0 Å². The lowest BCUT2D eigenvalue weighted by Gasteiger charge is -2.22. The van der Waals surface area contributed by atoms with Crippen molar-refractivity contribution in [3.63, 3.8) is 0 Å². The molecular formula is C24H26N2O8. The zero-order chi connectivity index (χ0) is 25.2. The number of aromatic hydroxyl groups is 2. The topological polar surface area (TPSA) is 161 Å². The summed E-state index contributed by atoms with van der Waals surface area (Å²) in [6.45, 7) is 3.92. The minimum absolute atomic E-state index is 0.136. The van der Waals surface area contributed by atoms with E-state index in [0.29, 0.717) is 12.8 Å². The number of phenolic OH excluding ortho intramolecular Hbond substituents is 2. The summed E-state index contributed by atoms with van der Waals surface area (Å²) in [5.74, 6) is -3.33. The molecule has 0 fully saturated rings. The van der Waals surface area contributed by atoms with Gasteiger partial charge in [-0.25, -0.2) is 0 Å². The third-order valence-corrected chi connectivity index (χ3v) is 6.12. The van der Waals surface area contributed by atoms with E-state index in [9.17, 15) is 40.0 Å². The molecule has 2 N–H and O–H groups in total. The van der Waals surface area contributed by atoms with Crippen LogP contribution in [0.1, 0.15) is 95.3 Å². The Bertz CT molecular complexity index is 1110. The second-order valence-electron chi connectivity index (χ2n) is 8.39. The van der Waals surface area contributed by atoms with Crippen molar-refractivity contribution < 1.29 is 29.6 Å². The summed E-state index contributed by atoms with van der Waals surface area (Å²) in [5.41, 5.74) is -3.70. The van der Waals surface area contributed by atoms with E-state index in [1.807, 2.05) is 13.8 Å². The highest BCUT2D eigenvalue weighted by molar-refractivity contribution is 6.33. The number of benzene rings is 2. The molecule has 0 saturated heterocycles. The molecule has 0 amide bonds. The molecule has 3 rings (SSSR count). The fourth-order valence-corrected chi connectivity index (χ4v) is 4.38. The summed E-state index contributed by atoms with van der Waals surface area (Å²) in [7, 11) is 0. The number of phenols is 2. The number of fused-ring (bicyclic) bond motifs is 2. The molecule has 1 aliphatic rings. The van der Waals surface area contributed by atoms with Gasteiger partial charge in [0.2, 0.25) is 11.6 Å². The second-order valence-corrected chi connectivity index (χ2v) is 8.39. The maximum Gasteiger partial charge on any atom is 0.281 e. The number of nitro groups is 2. The van der Waals surface area contributed by atoms with Gasteiger partial charge in [0.15, 0.2) is 0 Å². The summed E-state index contributed by atoms with van der Waals surface area (Å²) in [4.78, 5) is 48.8. The maximum atomic E-state index is 13.5. The number of aryl methyl sites for hydroxylation is 2. The van der Waals surface area contributed by atoms with E-state index in [1.54, 1.807) is 0 Å².